The highest BCUT2D eigenvalue weighted by atomic mass is 16.2. The predicted molar refractivity (Wildman–Crippen MR) is 83.4 cm³/mol. The summed E-state index contributed by atoms with van der Waals surface area (Å²) in [6.45, 7) is 1.89. The van der Waals surface area contributed by atoms with Crippen LogP contribution in [0.5, 0.6) is 0 Å². The zero-order valence-corrected chi connectivity index (χ0v) is 13.2. The molecule has 0 radical (unpaired) electrons. The number of amides is 2. The van der Waals surface area contributed by atoms with E-state index >= 15 is 0 Å². The van der Waals surface area contributed by atoms with Crippen LogP contribution >= 0.6 is 0 Å². The van der Waals surface area contributed by atoms with Gasteiger partial charge in [-0.25, -0.2) is 4.79 Å². The number of hydrogen-bond acceptors (Lipinski definition) is 3. The van der Waals surface area contributed by atoms with Gasteiger partial charge in [-0.05, 0) is 26.2 Å². The van der Waals surface area contributed by atoms with E-state index in [-0.39, 0.29) is 17.9 Å². The van der Waals surface area contributed by atoms with Crippen LogP contribution in [0, 0.1) is 11.3 Å². The molecule has 0 unspecified atom stereocenters. The van der Waals surface area contributed by atoms with Crippen molar-refractivity contribution in [2.75, 3.05) is 14.1 Å². The molecule has 1 saturated heterocycles. The third-order valence-electron chi connectivity index (χ3n) is 4.20. The molecule has 5 heteroatoms. The normalized spacial score (nSPS) is 24.5. The number of carbonyl (C=O) groups excluding carboxylic acids is 2. The molecule has 1 aliphatic rings. The van der Waals surface area contributed by atoms with Crippen molar-refractivity contribution < 1.29 is 9.59 Å². The van der Waals surface area contributed by atoms with E-state index in [1.807, 2.05) is 13.0 Å². The summed E-state index contributed by atoms with van der Waals surface area (Å²) in [4.78, 5) is 28.5. The number of hydrogen-bond donors (Lipinski definition) is 0. The molecule has 0 saturated carbocycles. The SMILES string of the molecule is C[C@@H]1CCC[C@@](C#N)(C(=O)c2ccccc2)N1C(=O)N(C)C. The minimum atomic E-state index is -1.42. The number of ketones is 1. The second-order valence-electron chi connectivity index (χ2n) is 5.96. The minimum Gasteiger partial charge on any atom is -0.331 e. The van der Waals surface area contributed by atoms with E-state index in [1.54, 1.807) is 38.4 Å². The predicted octanol–water partition coefficient (Wildman–Crippen LogP) is 2.69. The maximum absolute atomic E-state index is 13.0. The third-order valence-corrected chi connectivity index (χ3v) is 4.20. The van der Waals surface area contributed by atoms with Crippen LogP contribution in [-0.2, 0) is 0 Å². The summed E-state index contributed by atoms with van der Waals surface area (Å²) >= 11 is 0. The van der Waals surface area contributed by atoms with Crippen molar-refractivity contribution >= 4 is 11.8 Å². The van der Waals surface area contributed by atoms with Gasteiger partial charge in [-0.3, -0.25) is 9.69 Å². The Bertz CT molecular complexity index is 606. The molecule has 2 atom stereocenters. The maximum Gasteiger partial charge on any atom is 0.321 e. The number of urea groups is 1. The number of benzene rings is 1. The average Bonchev–Trinajstić information content (AvgIpc) is 2.53. The van der Waals surface area contributed by atoms with Gasteiger partial charge in [0, 0.05) is 25.7 Å². The van der Waals surface area contributed by atoms with Gasteiger partial charge in [-0.2, -0.15) is 5.26 Å². The lowest BCUT2D eigenvalue weighted by Crippen LogP contribution is -2.63. The molecule has 22 heavy (non-hydrogen) atoms. The van der Waals surface area contributed by atoms with Gasteiger partial charge in [-0.1, -0.05) is 30.3 Å². The molecule has 0 aromatic heterocycles. The van der Waals surface area contributed by atoms with Crippen molar-refractivity contribution in [3.63, 3.8) is 0 Å². The Morgan fingerprint density at radius 1 is 1.32 bits per heavy atom. The molecule has 0 N–H and O–H groups in total. The zero-order chi connectivity index (χ0) is 16.3. The smallest absolute Gasteiger partial charge is 0.321 e. The van der Waals surface area contributed by atoms with Crippen LogP contribution in [0.15, 0.2) is 30.3 Å². The Morgan fingerprint density at radius 2 is 1.95 bits per heavy atom. The van der Waals surface area contributed by atoms with Gasteiger partial charge in [0.1, 0.15) is 0 Å². The number of nitrogens with zero attached hydrogens (tertiary/aromatic N) is 3. The second-order valence-corrected chi connectivity index (χ2v) is 5.96. The van der Waals surface area contributed by atoms with Crippen LogP contribution in [0.2, 0.25) is 0 Å². The highest BCUT2D eigenvalue weighted by molar-refractivity contribution is 6.07. The van der Waals surface area contributed by atoms with E-state index < -0.39 is 5.54 Å². The quantitative estimate of drug-likeness (QED) is 0.789. The van der Waals surface area contributed by atoms with Gasteiger partial charge < -0.3 is 4.90 Å². The number of nitriles is 1. The van der Waals surface area contributed by atoms with Crippen LogP contribution in [0.3, 0.4) is 0 Å². The summed E-state index contributed by atoms with van der Waals surface area (Å²) < 4.78 is 0. The molecule has 0 bridgehead atoms. The first kappa shape index (κ1) is 16.0. The van der Waals surface area contributed by atoms with Crippen molar-refractivity contribution in [2.24, 2.45) is 0 Å². The lowest BCUT2D eigenvalue weighted by molar-refractivity contribution is 0.0464. The molecule has 5 nitrogen and oxygen atoms in total. The van der Waals surface area contributed by atoms with Gasteiger partial charge in [0.2, 0.25) is 5.78 Å². The van der Waals surface area contributed by atoms with Gasteiger partial charge in [-0.15, -0.1) is 0 Å². The first-order valence-electron chi connectivity index (χ1n) is 7.46. The minimum absolute atomic E-state index is 0.143. The summed E-state index contributed by atoms with van der Waals surface area (Å²) in [6.07, 6.45) is 1.93. The fraction of sp³-hybridized carbons (Fsp3) is 0.471. The number of rotatable bonds is 2. The Morgan fingerprint density at radius 3 is 2.50 bits per heavy atom. The van der Waals surface area contributed by atoms with Gasteiger partial charge >= 0.3 is 6.03 Å². The van der Waals surface area contributed by atoms with E-state index in [0.29, 0.717) is 12.0 Å². The van der Waals surface area contributed by atoms with E-state index in [9.17, 15) is 14.9 Å². The highest BCUT2D eigenvalue weighted by Crippen LogP contribution is 2.35. The summed E-state index contributed by atoms with van der Waals surface area (Å²) in [5, 5.41) is 9.81. The second kappa shape index (κ2) is 6.18. The van der Waals surface area contributed by atoms with Crippen LogP contribution in [-0.4, -0.2) is 47.3 Å². The maximum atomic E-state index is 13.0. The summed E-state index contributed by atoms with van der Waals surface area (Å²) in [5.41, 5.74) is -0.949. The molecular formula is C17H21N3O2. The van der Waals surface area contributed by atoms with Crippen molar-refractivity contribution in [1.29, 1.82) is 5.26 Å². The molecule has 1 fully saturated rings. The molecule has 2 rings (SSSR count). The molecule has 0 aliphatic carbocycles. The van der Waals surface area contributed by atoms with Crippen LogP contribution in [0.25, 0.3) is 0 Å². The number of carbonyl (C=O) groups is 2. The first-order valence-corrected chi connectivity index (χ1v) is 7.46. The standard InChI is InChI=1S/C17H21N3O2/c1-13-8-7-11-17(12-18,20(13)16(22)19(2)3)15(21)14-9-5-4-6-10-14/h4-6,9-10,13H,7-8,11H2,1-3H3/t13-,17-/m1/s1. The summed E-state index contributed by atoms with van der Waals surface area (Å²) in [5.74, 6) is -0.294. The molecule has 1 aromatic carbocycles. The monoisotopic (exact) mass is 299 g/mol. The fourth-order valence-corrected chi connectivity index (χ4v) is 3.06. The van der Waals surface area contributed by atoms with E-state index in [4.69, 9.17) is 0 Å². The van der Waals surface area contributed by atoms with E-state index in [0.717, 1.165) is 12.8 Å². The Balaban J connectivity index is 2.51. The van der Waals surface area contributed by atoms with Crippen molar-refractivity contribution in [3.8, 4) is 6.07 Å². The van der Waals surface area contributed by atoms with E-state index in [2.05, 4.69) is 6.07 Å². The van der Waals surface area contributed by atoms with Gasteiger partial charge in [0.05, 0.1) is 6.07 Å². The molecule has 2 amide bonds. The summed E-state index contributed by atoms with van der Waals surface area (Å²) in [7, 11) is 3.28. The molecule has 116 valence electrons. The van der Waals surface area contributed by atoms with Gasteiger partial charge in [0.25, 0.3) is 0 Å². The molecule has 1 aromatic rings. The topological polar surface area (TPSA) is 64.4 Å². The van der Waals surface area contributed by atoms with E-state index in [1.165, 1.54) is 9.80 Å². The third kappa shape index (κ3) is 2.57. The Hall–Kier alpha value is -2.35. The number of likely N-dealkylation sites (tertiary alicyclic amines) is 1. The Labute approximate surface area is 131 Å². The van der Waals surface area contributed by atoms with Gasteiger partial charge in [0.15, 0.2) is 5.54 Å². The van der Waals surface area contributed by atoms with Crippen molar-refractivity contribution in [1.82, 2.24) is 9.80 Å². The van der Waals surface area contributed by atoms with Crippen LogP contribution < -0.4 is 0 Å². The lowest BCUT2D eigenvalue weighted by atomic mass is 9.79. The van der Waals surface area contributed by atoms with Crippen molar-refractivity contribution in [2.45, 2.75) is 37.8 Å². The Kier molecular flexibility index (Phi) is 4.51. The van der Waals surface area contributed by atoms with Crippen LogP contribution in [0.4, 0.5) is 4.79 Å². The lowest BCUT2D eigenvalue weighted by Gasteiger charge is -2.46. The number of Topliss-reactive ketones (excluding diaryl/α,β-unsaturated/α-hetero) is 1. The number of piperidine rings is 1. The first-order chi connectivity index (χ1) is 10.4. The molecule has 0 spiro atoms. The molecular weight excluding hydrogens is 278 g/mol. The van der Waals surface area contributed by atoms with Crippen LogP contribution in [0.1, 0.15) is 36.5 Å². The molecule has 1 aliphatic heterocycles. The highest BCUT2D eigenvalue weighted by Gasteiger charge is 2.51. The zero-order valence-electron chi connectivity index (χ0n) is 13.2. The average molecular weight is 299 g/mol. The largest absolute Gasteiger partial charge is 0.331 e. The summed E-state index contributed by atoms with van der Waals surface area (Å²) in [6, 6.07) is 10.5. The fourth-order valence-electron chi connectivity index (χ4n) is 3.06. The molecule has 1 heterocycles. The van der Waals surface area contributed by atoms with Crippen molar-refractivity contribution in [3.05, 3.63) is 35.9 Å².